The van der Waals surface area contributed by atoms with Crippen LogP contribution in [0.15, 0.2) is 28.7 Å². The van der Waals surface area contributed by atoms with E-state index in [0.29, 0.717) is 28.4 Å². The van der Waals surface area contributed by atoms with Crippen molar-refractivity contribution in [1.82, 2.24) is 19.7 Å². The van der Waals surface area contributed by atoms with Crippen LogP contribution >= 0.6 is 23.1 Å². The van der Waals surface area contributed by atoms with E-state index in [1.807, 2.05) is 37.6 Å². The number of anilines is 1. The summed E-state index contributed by atoms with van der Waals surface area (Å²) in [6, 6.07) is 6.01. The summed E-state index contributed by atoms with van der Waals surface area (Å²) in [6.45, 7) is 6.39. The maximum Gasteiger partial charge on any atom is 0.311 e. The van der Waals surface area contributed by atoms with E-state index in [-0.39, 0.29) is 30.7 Å². The SMILES string of the molecule is CCOC(=O)Cc1csc(NC(=O)CSc2nnc(COc3ccc(C)cc3C)n2C)n1. The number of carbonyl (C=O) groups is 2. The molecule has 0 unspecified atom stereocenters. The number of esters is 1. The normalized spacial score (nSPS) is 10.8. The molecule has 2 heterocycles. The van der Waals surface area contributed by atoms with Crippen molar-refractivity contribution in [2.24, 2.45) is 7.05 Å². The summed E-state index contributed by atoms with van der Waals surface area (Å²) in [5.74, 6) is 1.06. The molecule has 9 nitrogen and oxygen atoms in total. The third kappa shape index (κ3) is 6.54. The molecule has 0 aliphatic heterocycles. The molecule has 3 rings (SSSR count). The van der Waals surface area contributed by atoms with Gasteiger partial charge >= 0.3 is 5.97 Å². The van der Waals surface area contributed by atoms with Gasteiger partial charge < -0.3 is 19.4 Å². The molecule has 1 aromatic carbocycles. The lowest BCUT2D eigenvalue weighted by Gasteiger charge is -2.09. The molecule has 11 heteroatoms. The minimum Gasteiger partial charge on any atom is -0.485 e. The number of ether oxygens (including phenoxy) is 2. The smallest absolute Gasteiger partial charge is 0.311 e. The Morgan fingerprint density at radius 1 is 1.25 bits per heavy atom. The topological polar surface area (TPSA) is 108 Å². The molecule has 0 bridgehead atoms. The Morgan fingerprint density at radius 3 is 2.81 bits per heavy atom. The van der Waals surface area contributed by atoms with Gasteiger partial charge in [0.1, 0.15) is 12.4 Å². The zero-order valence-corrected chi connectivity index (χ0v) is 20.0. The Balaban J connectivity index is 1.48. The molecule has 2 aromatic heterocycles. The lowest BCUT2D eigenvalue weighted by Crippen LogP contribution is -2.15. The van der Waals surface area contributed by atoms with Gasteiger partial charge in [-0.2, -0.15) is 0 Å². The van der Waals surface area contributed by atoms with Crippen molar-refractivity contribution >= 4 is 40.1 Å². The van der Waals surface area contributed by atoms with Gasteiger partial charge in [0.25, 0.3) is 0 Å². The number of aryl methyl sites for hydroxylation is 2. The van der Waals surface area contributed by atoms with Crippen molar-refractivity contribution < 1.29 is 19.1 Å². The number of aromatic nitrogens is 4. The maximum absolute atomic E-state index is 12.3. The van der Waals surface area contributed by atoms with Gasteiger partial charge in [0, 0.05) is 12.4 Å². The number of hydrogen-bond acceptors (Lipinski definition) is 9. The first-order valence-electron chi connectivity index (χ1n) is 9.96. The van der Waals surface area contributed by atoms with Crippen LogP contribution in [0.2, 0.25) is 0 Å². The Hall–Kier alpha value is -2.92. The van der Waals surface area contributed by atoms with Crippen molar-refractivity contribution in [3.8, 4) is 5.75 Å². The summed E-state index contributed by atoms with van der Waals surface area (Å²) in [4.78, 5) is 28.0. The third-order valence-electron chi connectivity index (χ3n) is 4.37. The van der Waals surface area contributed by atoms with Crippen LogP contribution in [0.1, 0.15) is 29.6 Å². The van der Waals surface area contributed by atoms with E-state index < -0.39 is 0 Å². The van der Waals surface area contributed by atoms with Crippen LogP contribution < -0.4 is 10.1 Å². The Labute approximate surface area is 194 Å². The first kappa shape index (κ1) is 23.7. The minimum absolute atomic E-state index is 0.0842. The zero-order valence-electron chi connectivity index (χ0n) is 18.4. The highest BCUT2D eigenvalue weighted by Gasteiger charge is 2.14. The van der Waals surface area contributed by atoms with Crippen molar-refractivity contribution in [3.05, 3.63) is 46.2 Å². The molecule has 32 heavy (non-hydrogen) atoms. The molecule has 170 valence electrons. The van der Waals surface area contributed by atoms with Crippen LogP contribution in [0.25, 0.3) is 0 Å². The van der Waals surface area contributed by atoms with Crippen molar-refractivity contribution in [3.63, 3.8) is 0 Å². The summed E-state index contributed by atoms with van der Waals surface area (Å²) >= 11 is 2.53. The highest BCUT2D eigenvalue weighted by molar-refractivity contribution is 7.99. The van der Waals surface area contributed by atoms with Crippen LogP contribution in [0.3, 0.4) is 0 Å². The number of nitrogens with one attached hydrogen (secondary N) is 1. The van der Waals surface area contributed by atoms with E-state index in [2.05, 4.69) is 26.6 Å². The van der Waals surface area contributed by atoms with Gasteiger partial charge in [-0.05, 0) is 32.4 Å². The fraction of sp³-hybridized carbons (Fsp3) is 0.381. The first-order chi connectivity index (χ1) is 15.4. The van der Waals surface area contributed by atoms with Crippen LogP contribution in [-0.2, 0) is 34.4 Å². The van der Waals surface area contributed by atoms with E-state index >= 15 is 0 Å². The minimum atomic E-state index is -0.342. The number of thioether (sulfide) groups is 1. The monoisotopic (exact) mass is 475 g/mol. The van der Waals surface area contributed by atoms with E-state index in [0.717, 1.165) is 11.3 Å². The molecule has 0 atom stereocenters. The molecule has 0 radical (unpaired) electrons. The summed E-state index contributed by atoms with van der Waals surface area (Å²) in [6.07, 6.45) is 0.0842. The van der Waals surface area contributed by atoms with Crippen LogP contribution in [-0.4, -0.2) is 44.0 Å². The van der Waals surface area contributed by atoms with E-state index in [9.17, 15) is 9.59 Å². The van der Waals surface area contributed by atoms with Gasteiger partial charge in [0.05, 0.1) is 24.5 Å². The highest BCUT2D eigenvalue weighted by atomic mass is 32.2. The number of thiazole rings is 1. The van der Waals surface area contributed by atoms with Gasteiger partial charge in [-0.25, -0.2) is 4.98 Å². The number of benzene rings is 1. The molecule has 3 aromatic rings. The predicted molar refractivity (Wildman–Crippen MR) is 123 cm³/mol. The van der Waals surface area contributed by atoms with E-state index in [1.165, 1.54) is 28.7 Å². The van der Waals surface area contributed by atoms with E-state index in [4.69, 9.17) is 9.47 Å². The molecule has 0 saturated carbocycles. The van der Waals surface area contributed by atoms with Crippen LogP contribution in [0.4, 0.5) is 5.13 Å². The Kier molecular flexibility index (Phi) is 8.23. The maximum atomic E-state index is 12.3. The summed E-state index contributed by atoms with van der Waals surface area (Å²) < 4.78 is 12.6. The molecule has 0 spiro atoms. The van der Waals surface area contributed by atoms with Crippen LogP contribution in [0, 0.1) is 13.8 Å². The number of carbonyl (C=O) groups excluding carboxylic acids is 2. The van der Waals surface area contributed by atoms with Crippen molar-refractivity contribution in [1.29, 1.82) is 0 Å². The summed E-state index contributed by atoms with van der Waals surface area (Å²) in [5.41, 5.74) is 2.81. The average molecular weight is 476 g/mol. The van der Waals surface area contributed by atoms with E-state index in [1.54, 1.807) is 12.3 Å². The molecule has 0 saturated heterocycles. The largest absolute Gasteiger partial charge is 0.485 e. The Bertz CT molecular complexity index is 1100. The number of hydrogen-bond donors (Lipinski definition) is 1. The lowest BCUT2D eigenvalue weighted by molar-refractivity contribution is -0.142. The second-order valence-electron chi connectivity index (χ2n) is 6.98. The van der Waals surface area contributed by atoms with Crippen molar-refractivity contribution in [2.75, 3.05) is 17.7 Å². The molecule has 1 amide bonds. The van der Waals surface area contributed by atoms with Crippen LogP contribution in [0.5, 0.6) is 5.75 Å². The number of nitrogens with zero attached hydrogens (tertiary/aromatic N) is 4. The van der Waals surface area contributed by atoms with Gasteiger partial charge in [0.2, 0.25) is 5.91 Å². The van der Waals surface area contributed by atoms with Gasteiger partial charge in [-0.1, -0.05) is 29.5 Å². The molecule has 0 aliphatic carbocycles. The molecular formula is C21H25N5O4S2. The average Bonchev–Trinajstić information content (AvgIpc) is 3.32. The second kappa shape index (κ2) is 11.1. The third-order valence-corrected chi connectivity index (χ3v) is 6.20. The lowest BCUT2D eigenvalue weighted by atomic mass is 10.1. The number of rotatable bonds is 10. The fourth-order valence-corrected chi connectivity index (χ4v) is 4.25. The molecule has 1 N–H and O–H groups in total. The molecular weight excluding hydrogens is 450 g/mol. The fourth-order valence-electron chi connectivity index (χ4n) is 2.79. The van der Waals surface area contributed by atoms with Gasteiger partial charge in [-0.15, -0.1) is 21.5 Å². The standard InChI is InChI=1S/C21H25N5O4S2/c1-5-29-19(28)9-15-11-31-20(22-15)23-18(27)12-32-21-25-24-17(26(21)4)10-30-16-7-6-13(2)8-14(16)3/h6-8,11H,5,9-10,12H2,1-4H3,(H,22,23,27). The first-order valence-corrected chi connectivity index (χ1v) is 11.8. The molecule has 0 aliphatic rings. The molecule has 0 fully saturated rings. The van der Waals surface area contributed by atoms with Gasteiger partial charge in [0.15, 0.2) is 16.1 Å². The highest BCUT2D eigenvalue weighted by Crippen LogP contribution is 2.22. The second-order valence-corrected chi connectivity index (χ2v) is 8.78. The summed E-state index contributed by atoms with van der Waals surface area (Å²) in [5, 5.41) is 13.8. The van der Waals surface area contributed by atoms with Crippen molar-refractivity contribution in [2.45, 2.75) is 39.0 Å². The quantitative estimate of drug-likeness (QED) is 0.351. The Morgan fingerprint density at radius 2 is 2.06 bits per heavy atom. The predicted octanol–water partition coefficient (Wildman–Crippen LogP) is 3.30. The van der Waals surface area contributed by atoms with Gasteiger partial charge in [-0.3, -0.25) is 9.59 Å². The zero-order chi connectivity index (χ0) is 23.1. The summed E-state index contributed by atoms with van der Waals surface area (Å²) in [7, 11) is 1.84. The number of amides is 1.